The molecule has 4 heteroatoms. The third-order valence-electron chi connectivity index (χ3n) is 2.54. The molecule has 0 aliphatic rings. The Labute approximate surface area is 84.7 Å². The summed E-state index contributed by atoms with van der Waals surface area (Å²) in [5, 5.41) is 13.9. The summed E-state index contributed by atoms with van der Waals surface area (Å²) < 4.78 is 1.95. The predicted molar refractivity (Wildman–Crippen MR) is 56.1 cm³/mol. The molecule has 0 bridgehead atoms. The zero-order chi connectivity index (χ0) is 10.7. The Hall–Kier alpha value is -0.870. The fourth-order valence-corrected chi connectivity index (χ4v) is 1.66. The molecule has 0 aliphatic heterocycles. The van der Waals surface area contributed by atoms with E-state index in [0.717, 1.165) is 23.5 Å². The van der Waals surface area contributed by atoms with Gasteiger partial charge in [-0.1, -0.05) is 0 Å². The third kappa shape index (κ3) is 2.13. The van der Waals surface area contributed by atoms with Gasteiger partial charge in [0.2, 0.25) is 0 Å². The summed E-state index contributed by atoms with van der Waals surface area (Å²) in [6, 6.07) is 0. The van der Waals surface area contributed by atoms with Crippen LogP contribution in [0.15, 0.2) is 0 Å². The number of aliphatic hydroxyl groups excluding tert-OH is 1. The van der Waals surface area contributed by atoms with Crippen molar-refractivity contribution in [1.29, 1.82) is 0 Å². The van der Waals surface area contributed by atoms with Gasteiger partial charge in [0.25, 0.3) is 0 Å². The molecular weight excluding hydrogens is 178 g/mol. The van der Waals surface area contributed by atoms with Crippen molar-refractivity contribution < 1.29 is 5.11 Å². The van der Waals surface area contributed by atoms with Gasteiger partial charge in [-0.15, -0.1) is 0 Å². The number of aliphatic hydroxyl groups is 1. The predicted octanol–water partition coefficient (Wildman–Crippen LogP) is 0.382. The number of nitrogens with zero attached hydrogens (tertiary/aromatic N) is 2. The second-order valence-electron chi connectivity index (χ2n) is 3.56. The first-order valence-corrected chi connectivity index (χ1v) is 5.01. The van der Waals surface area contributed by atoms with E-state index in [-0.39, 0.29) is 0 Å². The van der Waals surface area contributed by atoms with Crippen LogP contribution in [0.3, 0.4) is 0 Å². The van der Waals surface area contributed by atoms with Gasteiger partial charge in [-0.2, -0.15) is 5.10 Å². The van der Waals surface area contributed by atoms with Crippen molar-refractivity contribution in [2.24, 2.45) is 5.73 Å². The Morgan fingerprint density at radius 3 is 2.57 bits per heavy atom. The van der Waals surface area contributed by atoms with E-state index in [9.17, 15) is 5.11 Å². The van der Waals surface area contributed by atoms with E-state index < -0.39 is 6.10 Å². The van der Waals surface area contributed by atoms with Gasteiger partial charge in [0, 0.05) is 25.2 Å². The van der Waals surface area contributed by atoms with E-state index in [0.29, 0.717) is 13.0 Å². The number of aromatic nitrogens is 2. The van der Waals surface area contributed by atoms with E-state index >= 15 is 0 Å². The van der Waals surface area contributed by atoms with Crippen molar-refractivity contribution in [3.05, 3.63) is 17.0 Å². The molecule has 4 nitrogen and oxygen atoms in total. The molecule has 1 unspecified atom stereocenters. The normalized spacial score (nSPS) is 13.2. The standard InChI is InChI=1S/C10H19N3O/c1-4-13-8(3)10(7(2)12-13)5-9(14)6-11/h9,14H,4-6,11H2,1-3H3. The van der Waals surface area contributed by atoms with Gasteiger partial charge in [0.15, 0.2) is 0 Å². The molecule has 1 heterocycles. The topological polar surface area (TPSA) is 64.1 Å². The molecule has 0 saturated heterocycles. The first-order chi connectivity index (χ1) is 6.60. The lowest BCUT2D eigenvalue weighted by molar-refractivity contribution is 0.183. The van der Waals surface area contributed by atoms with Gasteiger partial charge in [-0.05, 0) is 26.3 Å². The quantitative estimate of drug-likeness (QED) is 0.733. The highest BCUT2D eigenvalue weighted by atomic mass is 16.3. The molecule has 1 aromatic rings. The molecule has 14 heavy (non-hydrogen) atoms. The molecule has 0 aromatic carbocycles. The zero-order valence-corrected chi connectivity index (χ0v) is 9.12. The average molecular weight is 197 g/mol. The Kier molecular flexibility index (Phi) is 3.66. The van der Waals surface area contributed by atoms with Gasteiger partial charge in [-0.25, -0.2) is 0 Å². The molecule has 0 spiro atoms. The Morgan fingerprint density at radius 2 is 2.14 bits per heavy atom. The smallest absolute Gasteiger partial charge is 0.0704 e. The van der Waals surface area contributed by atoms with Crippen LogP contribution >= 0.6 is 0 Å². The lowest BCUT2D eigenvalue weighted by atomic mass is 10.1. The highest BCUT2D eigenvalue weighted by Gasteiger charge is 2.13. The van der Waals surface area contributed by atoms with Crippen molar-refractivity contribution in [2.75, 3.05) is 6.54 Å². The molecule has 0 saturated carbocycles. The summed E-state index contributed by atoms with van der Waals surface area (Å²) in [4.78, 5) is 0. The second-order valence-corrected chi connectivity index (χ2v) is 3.56. The van der Waals surface area contributed by atoms with Crippen molar-refractivity contribution in [2.45, 2.75) is 39.8 Å². The van der Waals surface area contributed by atoms with Crippen LogP contribution in [0.5, 0.6) is 0 Å². The maximum Gasteiger partial charge on any atom is 0.0704 e. The number of aryl methyl sites for hydroxylation is 2. The van der Waals surface area contributed by atoms with E-state index in [1.54, 1.807) is 0 Å². The van der Waals surface area contributed by atoms with Crippen molar-refractivity contribution in [3.8, 4) is 0 Å². The number of hydrogen-bond acceptors (Lipinski definition) is 3. The first-order valence-electron chi connectivity index (χ1n) is 5.01. The summed E-state index contributed by atoms with van der Waals surface area (Å²) in [5.74, 6) is 0. The average Bonchev–Trinajstić information content (AvgIpc) is 2.44. The Balaban J connectivity index is 2.90. The molecule has 1 rings (SSSR count). The van der Waals surface area contributed by atoms with Crippen LogP contribution in [-0.2, 0) is 13.0 Å². The fraction of sp³-hybridized carbons (Fsp3) is 0.700. The lowest BCUT2D eigenvalue weighted by Gasteiger charge is -2.07. The molecule has 80 valence electrons. The van der Waals surface area contributed by atoms with Crippen LogP contribution in [0.4, 0.5) is 0 Å². The zero-order valence-electron chi connectivity index (χ0n) is 9.12. The van der Waals surface area contributed by atoms with Crippen molar-refractivity contribution >= 4 is 0 Å². The van der Waals surface area contributed by atoms with Crippen molar-refractivity contribution in [3.63, 3.8) is 0 Å². The highest BCUT2D eigenvalue weighted by Crippen LogP contribution is 2.14. The summed E-state index contributed by atoms with van der Waals surface area (Å²) in [7, 11) is 0. The SMILES string of the molecule is CCn1nc(C)c(CC(O)CN)c1C. The van der Waals surface area contributed by atoms with E-state index in [2.05, 4.69) is 12.0 Å². The van der Waals surface area contributed by atoms with Crippen LogP contribution in [0, 0.1) is 13.8 Å². The van der Waals surface area contributed by atoms with Gasteiger partial charge < -0.3 is 10.8 Å². The minimum Gasteiger partial charge on any atom is -0.391 e. The van der Waals surface area contributed by atoms with Crippen LogP contribution in [0.1, 0.15) is 23.9 Å². The van der Waals surface area contributed by atoms with Crippen LogP contribution in [0.25, 0.3) is 0 Å². The molecular formula is C10H19N3O. The lowest BCUT2D eigenvalue weighted by Crippen LogP contribution is -2.22. The molecule has 3 N–H and O–H groups in total. The van der Waals surface area contributed by atoms with Crippen LogP contribution < -0.4 is 5.73 Å². The number of nitrogens with two attached hydrogens (primary N) is 1. The Bertz CT molecular complexity index is 307. The minimum atomic E-state index is -0.457. The van der Waals surface area contributed by atoms with Crippen molar-refractivity contribution in [1.82, 2.24) is 9.78 Å². The monoisotopic (exact) mass is 197 g/mol. The first kappa shape index (κ1) is 11.2. The van der Waals surface area contributed by atoms with E-state index in [1.807, 2.05) is 18.5 Å². The van der Waals surface area contributed by atoms with Crippen LogP contribution in [-0.4, -0.2) is 27.5 Å². The fourth-order valence-electron chi connectivity index (χ4n) is 1.66. The molecule has 0 amide bonds. The molecule has 0 aliphatic carbocycles. The van der Waals surface area contributed by atoms with E-state index in [4.69, 9.17) is 5.73 Å². The summed E-state index contributed by atoms with van der Waals surface area (Å²) >= 11 is 0. The maximum absolute atomic E-state index is 9.48. The van der Waals surface area contributed by atoms with Gasteiger partial charge in [0.05, 0.1) is 11.8 Å². The van der Waals surface area contributed by atoms with Gasteiger partial charge >= 0.3 is 0 Å². The minimum absolute atomic E-state index is 0.302. The largest absolute Gasteiger partial charge is 0.391 e. The second kappa shape index (κ2) is 4.57. The maximum atomic E-state index is 9.48. The number of rotatable bonds is 4. The highest BCUT2D eigenvalue weighted by molar-refractivity contribution is 5.25. The summed E-state index contributed by atoms with van der Waals surface area (Å²) in [6.07, 6.45) is 0.149. The Morgan fingerprint density at radius 1 is 1.50 bits per heavy atom. The molecule has 1 aromatic heterocycles. The number of hydrogen-bond donors (Lipinski definition) is 2. The van der Waals surface area contributed by atoms with E-state index in [1.165, 1.54) is 0 Å². The van der Waals surface area contributed by atoms with Gasteiger partial charge in [-0.3, -0.25) is 4.68 Å². The third-order valence-corrected chi connectivity index (χ3v) is 2.54. The molecule has 0 radical (unpaired) electrons. The summed E-state index contributed by atoms with van der Waals surface area (Å²) in [5.41, 5.74) is 8.65. The van der Waals surface area contributed by atoms with Gasteiger partial charge in [0.1, 0.15) is 0 Å². The van der Waals surface area contributed by atoms with Crippen LogP contribution in [0.2, 0.25) is 0 Å². The molecule has 0 fully saturated rings. The molecule has 1 atom stereocenters. The summed E-state index contributed by atoms with van der Waals surface area (Å²) in [6.45, 7) is 7.23.